The van der Waals surface area contributed by atoms with Crippen LogP contribution in [0, 0.1) is 5.41 Å². The zero-order valence-electron chi connectivity index (χ0n) is 11.5. The summed E-state index contributed by atoms with van der Waals surface area (Å²) in [6, 6.07) is 5.67. The van der Waals surface area contributed by atoms with Gasteiger partial charge in [-0.15, -0.1) is 0 Å². The van der Waals surface area contributed by atoms with Crippen molar-refractivity contribution >= 4 is 17.8 Å². The summed E-state index contributed by atoms with van der Waals surface area (Å²) in [6.07, 6.45) is 3.88. The van der Waals surface area contributed by atoms with Crippen molar-refractivity contribution in [3.8, 4) is 0 Å². The smallest absolute Gasteiger partial charge is 0.330 e. The minimum atomic E-state index is -0.348. The van der Waals surface area contributed by atoms with Gasteiger partial charge in [-0.2, -0.15) is 0 Å². The zero-order chi connectivity index (χ0) is 14.0. The van der Waals surface area contributed by atoms with Gasteiger partial charge in [-0.3, -0.25) is 4.79 Å². The van der Waals surface area contributed by atoms with Crippen molar-refractivity contribution in [1.82, 2.24) is 0 Å². The molecule has 0 saturated heterocycles. The van der Waals surface area contributed by atoms with E-state index in [9.17, 15) is 9.59 Å². The molecule has 1 aromatic carbocycles. The second kappa shape index (κ2) is 5.00. The number of hydrogen-bond donors (Lipinski definition) is 0. The van der Waals surface area contributed by atoms with Gasteiger partial charge in [0.15, 0.2) is 5.78 Å². The van der Waals surface area contributed by atoms with Gasteiger partial charge in [0, 0.05) is 17.1 Å². The molecule has 0 aromatic heterocycles. The molecule has 100 valence electrons. The lowest BCUT2D eigenvalue weighted by atomic mass is 9.89. The molecule has 0 bridgehead atoms. The molecule has 3 nitrogen and oxygen atoms in total. The van der Waals surface area contributed by atoms with E-state index in [1.807, 2.05) is 32.0 Å². The van der Waals surface area contributed by atoms with Gasteiger partial charge in [0.25, 0.3) is 0 Å². The molecule has 0 atom stereocenters. The number of hydrogen-bond acceptors (Lipinski definition) is 3. The second-order valence-electron chi connectivity index (χ2n) is 5.39. The average molecular weight is 258 g/mol. The zero-order valence-corrected chi connectivity index (χ0v) is 11.5. The van der Waals surface area contributed by atoms with Crippen molar-refractivity contribution in [1.29, 1.82) is 0 Å². The van der Waals surface area contributed by atoms with Gasteiger partial charge < -0.3 is 4.74 Å². The van der Waals surface area contributed by atoms with Crippen molar-refractivity contribution in [2.24, 2.45) is 5.41 Å². The van der Waals surface area contributed by atoms with Crippen molar-refractivity contribution in [3.05, 3.63) is 41.0 Å². The Kier molecular flexibility index (Phi) is 3.56. The van der Waals surface area contributed by atoms with Crippen LogP contribution in [0.1, 0.15) is 42.3 Å². The second-order valence-corrected chi connectivity index (χ2v) is 5.39. The fraction of sp³-hybridized carbons (Fsp3) is 0.375. The highest BCUT2D eigenvalue weighted by Gasteiger charge is 2.37. The fourth-order valence-electron chi connectivity index (χ4n) is 2.36. The van der Waals surface area contributed by atoms with Crippen molar-refractivity contribution in [2.75, 3.05) is 6.61 Å². The van der Waals surface area contributed by atoms with E-state index in [0.717, 1.165) is 23.1 Å². The molecule has 0 N–H and O–H groups in total. The molecule has 3 heteroatoms. The largest absolute Gasteiger partial charge is 0.463 e. The predicted molar refractivity (Wildman–Crippen MR) is 73.9 cm³/mol. The third-order valence-electron chi connectivity index (χ3n) is 3.32. The first-order chi connectivity index (χ1) is 8.94. The maximum absolute atomic E-state index is 12.1. The minimum Gasteiger partial charge on any atom is -0.463 e. The first-order valence-electron chi connectivity index (χ1n) is 6.46. The van der Waals surface area contributed by atoms with E-state index in [-0.39, 0.29) is 17.2 Å². The first-order valence-corrected chi connectivity index (χ1v) is 6.46. The molecule has 0 amide bonds. The van der Waals surface area contributed by atoms with Gasteiger partial charge in [-0.1, -0.05) is 32.0 Å². The monoisotopic (exact) mass is 258 g/mol. The Bertz CT molecular complexity index is 553. The lowest BCUT2D eigenvalue weighted by Crippen LogP contribution is -2.18. The van der Waals surface area contributed by atoms with Crippen molar-refractivity contribution < 1.29 is 14.3 Å². The minimum absolute atomic E-state index is 0.198. The van der Waals surface area contributed by atoms with Gasteiger partial charge in [-0.25, -0.2) is 4.79 Å². The molecule has 2 rings (SSSR count). The predicted octanol–water partition coefficient (Wildman–Crippen LogP) is 3.03. The topological polar surface area (TPSA) is 43.4 Å². The van der Waals surface area contributed by atoms with Crippen LogP contribution in [0.4, 0.5) is 0 Å². The van der Waals surface area contributed by atoms with Crippen LogP contribution in [0.15, 0.2) is 24.3 Å². The third-order valence-corrected chi connectivity index (χ3v) is 3.32. The first kappa shape index (κ1) is 13.5. The van der Waals surface area contributed by atoms with Crippen molar-refractivity contribution in [3.63, 3.8) is 0 Å². The van der Waals surface area contributed by atoms with E-state index < -0.39 is 0 Å². The number of esters is 1. The number of carbonyl (C=O) groups excluding carboxylic acids is 2. The molecule has 19 heavy (non-hydrogen) atoms. The molecule has 0 unspecified atom stereocenters. The lowest BCUT2D eigenvalue weighted by Gasteiger charge is -2.12. The molecule has 0 radical (unpaired) electrons. The van der Waals surface area contributed by atoms with E-state index >= 15 is 0 Å². The number of fused-ring (bicyclic) bond motifs is 1. The van der Waals surface area contributed by atoms with E-state index in [0.29, 0.717) is 6.61 Å². The summed E-state index contributed by atoms with van der Waals surface area (Å²) < 4.78 is 4.83. The van der Waals surface area contributed by atoms with Gasteiger partial charge in [0.2, 0.25) is 0 Å². The Labute approximate surface area is 113 Å². The maximum atomic E-state index is 12.1. The van der Waals surface area contributed by atoms with Crippen LogP contribution in [0.2, 0.25) is 0 Å². The third kappa shape index (κ3) is 2.75. The van der Waals surface area contributed by atoms with Gasteiger partial charge in [-0.05, 0) is 30.5 Å². The molecule has 0 fully saturated rings. The van der Waals surface area contributed by atoms with E-state index in [1.54, 1.807) is 13.0 Å². The molecule has 0 heterocycles. The molecule has 0 spiro atoms. The molecule has 0 saturated carbocycles. The van der Waals surface area contributed by atoms with E-state index in [4.69, 9.17) is 4.74 Å². The molecular weight excluding hydrogens is 240 g/mol. The Balaban J connectivity index is 2.21. The highest BCUT2D eigenvalue weighted by atomic mass is 16.5. The number of ketones is 1. The summed E-state index contributed by atoms with van der Waals surface area (Å²) in [5, 5.41) is 0. The Morgan fingerprint density at radius 2 is 2.16 bits per heavy atom. The summed E-state index contributed by atoms with van der Waals surface area (Å²) in [7, 11) is 0. The van der Waals surface area contributed by atoms with Crippen LogP contribution in [0.5, 0.6) is 0 Å². The molecule has 1 aliphatic carbocycles. The number of benzene rings is 1. The van der Waals surface area contributed by atoms with Crippen LogP contribution in [-0.4, -0.2) is 18.4 Å². The fourth-order valence-corrected chi connectivity index (χ4v) is 2.36. The lowest BCUT2D eigenvalue weighted by molar-refractivity contribution is -0.137. The van der Waals surface area contributed by atoms with Crippen LogP contribution in [0.25, 0.3) is 6.08 Å². The Morgan fingerprint density at radius 1 is 1.42 bits per heavy atom. The van der Waals surface area contributed by atoms with Crippen LogP contribution in [-0.2, 0) is 16.0 Å². The highest BCUT2D eigenvalue weighted by Crippen LogP contribution is 2.36. The van der Waals surface area contributed by atoms with E-state index in [2.05, 4.69) is 0 Å². The average Bonchev–Trinajstić information content (AvgIpc) is 2.57. The summed E-state index contributed by atoms with van der Waals surface area (Å²) in [4.78, 5) is 23.3. The maximum Gasteiger partial charge on any atom is 0.330 e. The van der Waals surface area contributed by atoms with E-state index in [1.165, 1.54) is 6.08 Å². The SMILES string of the molecule is CCOC(=O)/C=C/c1ccc2c(c1)CC(C)(C)C2=O. The van der Waals surface area contributed by atoms with Crippen molar-refractivity contribution in [2.45, 2.75) is 27.2 Å². The normalized spacial score (nSPS) is 16.7. The summed E-state index contributed by atoms with van der Waals surface area (Å²) in [5.41, 5.74) is 2.46. The number of ether oxygens (including phenoxy) is 1. The highest BCUT2D eigenvalue weighted by molar-refractivity contribution is 6.04. The van der Waals surface area contributed by atoms with Crippen LogP contribution >= 0.6 is 0 Å². The number of Topliss-reactive ketones (excluding diaryl/α,β-unsaturated/α-hetero) is 1. The van der Waals surface area contributed by atoms with Crippen LogP contribution in [0.3, 0.4) is 0 Å². The quantitative estimate of drug-likeness (QED) is 0.618. The van der Waals surface area contributed by atoms with Gasteiger partial charge in [0.1, 0.15) is 0 Å². The molecular formula is C16H18O3. The van der Waals surface area contributed by atoms with Gasteiger partial charge in [0.05, 0.1) is 6.61 Å². The molecule has 1 aromatic rings. The Hall–Kier alpha value is -1.90. The van der Waals surface area contributed by atoms with Gasteiger partial charge >= 0.3 is 5.97 Å². The van der Waals surface area contributed by atoms with Crippen LogP contribution < -0.4 is 0 Å². The Morgan fingerprint density at radius 3 is 2.84 bits per heavy atom. The number of carbonyl (C=O) groups is 2. The molecule has 0 aliphatic heterocycles. The summed E-state index contributed by atoms with van der Waals surface area (Å²) in [5.74, 6) is -0.150. The molecule has 1 aliphatic rings. The summed E-state index contributed by atoms with van der Waals surface area (Å²) >= 11 is 0. The standard InChI is InChI=1S/C16H18O3/c1-4-19-14(17)8-6-11-5-7-13-12(9-11)10-16(2,3)15(13)18/h5-9H,4,10H2,1-3H3/b8-6+. The summed E-state index contributed by atoms with van der Waals surface area (Å²) in [6.45, 7) is 6.07. The number of rotatable bonds is 3.